The summed E-state index contributed by atoms with van der Waals surface area (Å²) in [6, 6.07) is 8.33. The first-order valence-corrected chi connectivity index (χ1v) is 5.56. The van der Waals surface area contributed by atoms with Gasteiger partial charge in [0.15, 0.2) is 0 Å². The molecule has 1 N–H and O–H groups in total. The summed E-state index contributed by atoms with van der Waals surface area (Å²) >= 11 is 0. The molecule has 0 saturated heterocycles. The Labute approximate surface area is 85.8 Å². The SMILES string of the molecule is CCC1c2ccccc2[C@@H](O)C1CC. The predicted octanol–water partition coefficient (Wildman–Crippen LogP) is 3.25. The highest BCUT2D eigenvalue weighted by Crippen LogP contribution is 2.47. The Balaban J connectivity index is 2.43. The van der Waals surface area contributed by atoms with E-state index in [9.17, 15) is 5.11 Å². The topological polar surface area (TPSA) is 20.2 Å². The lowest BCUT2D eigenvalue weighted by molar-refractivity contribution is 0.107. The van der Waals surface area contributed by atoms with Gasteiger partial charge in [-0.25, -0.2) is 0 Å². The van der Waals surface area contributed by atoms with Gasteiger partial charge < -0.3 is 5.11 Å². The number of rotatable bonds is 2. The van der Waals surface area contributed by atoms with Gasteiger partial charge in [-0.2, -0.15) is 0 Å². The first-order chi connectivity index (χ1) is 6.79. The lowest BCUT2D eigenvalue weighted by Gasteiger charge is -2.19. The van der Waals surface area contributed by atoms with E-state index < -0.39 is 0 Å². The van der Waals surface area contributed by atoms with E-state index in [4.69, 9.17) is 0 Å². The standard InChI is InChI=1S/C13H18O/c1-3-9-10(4-2)13(14)12-8-6-5-7-11(9)12/h5-10,13-14H,3-4H2,1-2H3/t9?,10?,13-/m0/s1. The van der Waals surface area contributed by atoms with Crippen LogP contribution >= 0.6 is 0 Å². The Hall–Kier alpha value is -0.820. The first-order valence-electron chi connectivity index (χ1n) is 5.56. The lowest BCUT2D eigenvalue weighted by Crippen LogP contribution is -2.10. The molecule has 1 heteroatoms. The molecule has 1 aromatic rings. The van der Waals surface area contributed by atoms with Crippen molar-refractivity contribution >= 4 is 0 Å². The molecule has 0 aliphatic heterocycles. The van der Waals surface area contributed by atoms with Crippen LogP contribution in [0.5, 0.6) is 0 Å². The minimum Gasteiger partial charge on any atom is -0.388 e. The Kier molecular flexibility index (Phi) is 2.60. The third kappa shape index (κ3) is 1.27. The second kappa shape index (κ2) is 3.74. The third-order valence-electron chi connectivity index (χ3n) is 3.55. The summed E-state index contributed by atoms with van der Waals surface area (Å²) in [6.45, 7) is 4.38. The van der Waals surface area contributed by atoms with Gasteiger partial charge in [-0.1, -0.05) is 38.1 Å². The van der Waals surface area contributed by atoms with Crippen LogP contribution in [0.1, 0.15) is 49.8 Å². The van der Waals surface area contributed by atoms with Crippen LogP contribution in [0, 0.1) is 5.92 Å². The van der Waals surface area contributed by atoms with Crippen LogP contribution < -0.4 is 0 Å². The summed E-state index contributed by atoms with van der Waals surface area (Å²) in [5, 5.41) is 10.1. The zero-order chi connectivity index (χ0) is 10.1. The van der Waals surface area contributed by atoms with Crippen LogP contribution in [0.25, 0.3) is 0 Å². The number of hydrogen-bond donors (Lipinski definition) is 1. The van der Waals surface area contributed by atoms with Crippen molar-refractivity contribution in [1.82, 2.24) is 0 Å². The van der Waals surface area contributed by atoms with Crippen molar-refractivity contribution < 1.29 is 5.11 Å². The molecule has 76 valence electrons. The van der Waals surface area contributed by atoms with Gasteiger partial charge in [-0.05, 0) is 35.8 Å². The largest absolute Gasteiger partial charge is 0.388 e. The predicted molar refractivity (Wildman–Crippen MR) is 58.2 cm³/mol. The Bertz CT molecular complexity index is 319. The second-order valence-corrected chi connectivity index (χ2v) is 4.16. The Morgan fingerprint density at radius 2 is 1.71 bits per heavy atom. The molecule has 2 unspecified atom stereocenters. The van der Waals surface area contributed by atoms with E-state index in [2.05, 4.69) is 32.0 Å². The van der Waals surface area contributed by atoms with Crippen LogP contribution in [0.3, 0.4) is 0 Å². The van der Waals surface area contributed by atoms with Crippen molar-refractivity contribution in [3.05, 3.63) is 35.4 Å². The van der Waals surface area contributed by atoms with Crippen molar-refractivity contribution in [2.75, 3.05) is 0 Å². The van der Waals surface area contributed by atoms with Crippen LogP contribution in [-0.4, -0.2) is 5.11 Å². The summed E-state index contributed by atoms with van der Waals surface area (Å²) in [5.41, 5.74) is 2.53. The van der Waals surface area contributed by atoms with Gasteiger partial charge in [-0.15, -0.1) is 0 Å². The average Bonchev–Trinajstić information content (AvgIpc) is 2.51. The Morgan fingerprint density at radius 1 is 1.07 bits per heavy atom. The zero-order valence-corrected chi connectivity index (χ0v) is 8.90. The fraction of sp³-hybridized carbons (Fsp3) is 0.538. The van der Waals surface area contributed by atoms with Crippen LogP contribution in [0.2, 0.25) is 0 Å². The van der Waals surface area contributed by atoms with Crippen molar-refractivity contribution in [3.8, 4) is 0 Å². The molecule has 1 aromatic carbocycles. The molecular weight excluding hydrogens is 172 g/mol. The Morgan fingerprint density at radius 3 is 2.29 bits per heavy atom. The van der Waals surface area contributed by atoms with E-state index in [-0.39, 0.29) is 6.10 Å². The van der Waals surface area contributed by atoms with Gasteiger partial charge >= 0.3 is 0 Å². The molecule has 0 spiro atoms. The summed E-state index contributed by atoms with van der Waals surface area (Å²) < 4.78 is 0. The van der Waals surface area contributed by atoms with Crippen LogP contribution in [-0.2, 0) is 0 Å². The van der Waals surface area contributed by atoms with Gasteiger partial charge in [0.25, 0.3) is 0 Å². The maximum absolute atomic E-state index is 10.1. The minimum absolute atomic E-state index is 0.235. The summed E-state index contributed by atoms with van der Waals surface area (Å²) in [5.74, 6) is 0.989. The molecule has 0 saturated carbocycles. The molecule has 3 atom stereocenters. The summed E-state index contributed by atoms with van der Waals surface area (Å²) in [4.78, 5) is 0. The molecule has 0 bridgehead atoms. The maximum Gasteiger partial charge on any atom is 0.0826 e. The minimum atomic E-state index is -0.235. The van der Waals surface area contributed by atoms with Gasteiger partial charge in [0.2, 0.25) is 0 Å². The van der Waals surface area contributed by atoms with E-state index in [1.807, 2.05) is 6.07 Å². The third-order valence-corrected chi connectivity index (χ3v) is 3.55. The fourth-order valence-corrected chi connectivity index (χ4v) is 2.83. The van der Waals surface area contributed by atoms with Crippen molar-refractivity contribution in [1.29, 1.82) is 0 Å². The van der Waals surface area contributed by atoms with Gasteiger partial charge in [0, 0.05) is 0 Å². The number of fused-ring (bicyclic) bond motifs is 1. The molecule has 0 heterocycles. The highest BCUT2D eigenvalue weighted by Gasteiger charge is 2.36. The molecule has 0 aromatic heterocycles. The smallest absolute Gasteiger partial charge is 0.0826 e. The molecule has 14 heavy (non-hydrogen) atoms. The van der Waals surface area contributed by atoms with Gasteiger partial charge in [0.1, 0.15) is 0 Å². The highest BCUT2D eigenvalue weighted by atomic mass is 16.3. The van der Waals surface area contributed by atoms with E-state index in [1.54, 1.807) is 0 Å². The number of benzene rings is 1. The van der Waals surface area contributed by atoms with Gasteiger partial charge in [0.05, 0.1) is 6.10 Å². The van der Waals surface area contributed by atoms with Crippen LogP contribution in [0.4, 0.5) is 0 Å². The molecule has 2 rings (SSSR count). The molecule has 0 amide bonds. The van der Waals surface area contributed by atoms with Gasteiger partial charge in [-0.3, -0.25) is 0 Å². The van der Waals surface area contributed by atoms with E-state index in [0.717, 1.165) is 18.4 Å². The number of aliphatic hydroxyl groups excluding tert-OH is 1. The monoisotopic (exact) mass is 190 g/mol. The highest BCUT2D eigenvalue weighted by molar-refractivity contribution is 5.38. The second-order valence-electron chi connectivity index (χ2n) is 4.16. The zero-order valence-electron chi connectivity index (χ0n) is 8.90. The van der Waals surface area contributed by atoms with E-state index in [1.165, 1.54) is 5.56 Å². The molecule has 1 aliphatic carbocycles. The lowest BCUT2D eigenvalue weighted by atomic mass is 9.87. The van der Waals surface area contributed by atoms with Crippen molar-refractivity contribution in [3.63, 3.8) is 0 Å². The fourth-order valence-electron chi connectivity index (χ4n) is 2.83. The average molecular weight is 190 g/mol. The number of aliphatic hydroxyl groups is 1. The quantitative estimate of drug-likeness (QED) is 0.759. The summed E-state index contributed by atoms with van der Waals surface area (Å²) in [6.07, 6.45) is 1.96. The summed E-state index contributed by atoms with van der Waals surface area (Å²) in [7, 11) is 0. The number of hydrogen-bond acceptors (Lipinski definition) is 1. The molecule has 0 radical (unpaired) electrons. The molecular formula is C13H18O. The molecule has 1 aliphatic rings. The van der Waals surface area contributed by atoms with Crippen molar-refractivity contribution in [2.24, 2.45) is 5.92 Å². The van der Waals surface area contributed by atoms with E-state index in [0.29, 0.717) is 11.8 Å². The van der Waals surface area contributed by atoms with E-state index >= 15 is 0 Å². The normalized spacial score (nSPS) is 30.4. The maximum atomic E-state index is 10.1. The molecule has 1 nitrogen and oxygen atoms in total. The van der Waals surface area contributed by atoms with Crippen molar-refractivity contribution in [2.45, 2.75) is 38.7 Å². The molecule has 0 fully saturated rings. The first kappa shape index (κ1) is 9.72. The van der Waals surface area contributed by atoms with Crippen LogP contribution in [0.15, 0.2) is 24.3 Å².